The third-order valence-corrected chi connectivity index (χ3v) is 5.64. The Morgan fingerprint density at radius 2 is 2.27 bits per heavy atom. The van der Waals surface area contributed by atoms with Crippen LogP contribution in [0.5, 0.6) is 0 Å². The zero-order valence-electron chi connectivity index (χ0n) is 15.3. The van der Waals surface area contributed by atoms with Gasteiger partial charge in [-0.1, -0.05) is 0 Å². The number of nitrogens with zero attached hydrogens (tertiary/aromatic N) is 2. The Morgan fingerprint density at radius 1 is 1.35 bits per heavy atom. The molecule has 2 N–H and O–H groups in total. The first-order valence-corrected chi connectivity index (χ1v) is 9.87. The number of likely N-dealkylation sites (tertiary alicyclic amines) is 1. The lowest BCUT2D eigenvalue weighted by molar-refractivity contribution is -0.126. The van der Waals surface area contributed by atoms with E-state index < -0.39 is 0 Å². The second kappa shape index (κ2) is 8.08. The zero-order chi connectivity index (χ0) is 17.8. The highest BCUT2D eigenvalue weighted by molar-refractivity contribution is 5.78. The van der Waals surface area contributed by atoms with Crippen LogP contribution in [0.25, 0.3) is 0 Å². The van der Waals surface area contributed by atoms with Crippen LogP contribution < -0.4 is 5.32 Å². The Morgan fingerprint density at radius 3 is 3.15 bits per heavy atom. The topological polar surface area (TPSA) is 74.2 Å². The summed E-state index contributed by atoms with van der Waals surface area (Å²) in [6.07, 6.45) is 9.30. The fourth-order valence-electron chi connectivity index (χ4n) is 4.24. The lowest BCUT2D eigenvalue weighted by Crippen LogP contribution is -2.43. The zero-order valence-corrected chi connectivity index (χ0v) is 15.3. The number of aryl methyl sites for hydroxylation is 1. The fraction of sp³-hybridized carbons (Fsp3) is 0.600. The van der Waals surface area contributed by atoms with Crippen LogP contribution in [0.2, 0.25) is 0 Å². The SMILES string of the molecule is O=C(NCCc1n[nH]c2c1CCCC2)[C@@H]1CCCN(Cc2ccco2)C1. The van der Waals surface area contributed by atoms with E-state index in [9.17, 15) is 4.79 Å². The maximum atomic E-state index is 12.6. The first-order valence-electron chi connectivity index (χ1n) is 9.87. The van der Waals surface area contributed by atoms with Crippen LogP contribution in [0.1, 0.15) is 48.4 Å². The first-order chi connectivity index (χ1) is 12.8. The average molecular weight is 356 g/mol. The molecule has 1 fully saturated rings. The maximum Gasteiger partial charge on any atom is 0.224 e. The molecule has 1 atom stereocenters. The number of aromatic nitrogens is 2. The van der Waals surface area contributed by atoms with Crippen molar-refractivity contribution in [3.05, 3.63) is 41.1 Å². The molecular formula is C20H28N4O2. The van der Waals surface area contributed by atoms with Crippen LogP contribution >= 0.6 is 0 Å². The van der Waals surface area contributed by atoms with Crippen molar-refractivity contribution in [1.29, 1.82) is 0 Å². The van der Waals surface area contributed by atoms with Crippen LogP contribution in [0.4, 0.5) is 0 Å². The van der Waals surface area contributed by atoms with Gasteiger partial charge in [0, 0.05) is 25.2 Å². The van der Waals surface area contributed by atoms with Crippen molar-refractivity contribution in [2.75, 3.05) is 19.6 Å². The van der Waals surface area contributed by atoms with E-state index in [1.54, 1.807) is 6.26 Å². The molecule has 1 aliphatic carbocycles. The highest BCUT2D eigenvalue weighted by atomic mass is 16.3. The lowest BCUT2D eigenvalue weighted by Gasteiger charge is -2.31. The molecule has 0 saturated carbocycles. The van der Waals surface area contributed by atoms with Gasteiger partial charge in [-0.2, -0.15) is 5.10 Å². The van der Waals surface area contributed by atoms with Crippen LogP contribution in [0, 0.1) is 5.92 Å². The van der Waals surface area contributed by atoms with E-state index in [0.29, 0.717) is 6.54 Å². The summed E-state index contributed by atoms with van der Waals surface area (Å²) < 4.78 is 5.43. The number of hydrogen-bond donors (Lipinski definition) is 2. The maximum absolute atomic E-state index is 12.6. The van der Waals surface area contributed by atoms with Gasteiger partial charge in [0.05, 0.1) is 24.4 Å². The van der Waals surface area contributed by atoms with Crippen molar-refractivity contribution in [1.82, 2.24) is 20.4 Å². The molecule has 0 bridgehead atoms. The van der Waals surface area contributed by atoms with E-state index in [4.69, 9.17) is 4.42 Å². The molecule has 0 spiro atoms. The number of carbonyl (C=O) groups is 1. The Balaban J connectivity index is 1.24. The van der Waals surface area contributed by atoms with Gasteiger partial charge in [-0.15, -0.1) is 0 Å². The lowest BCUT2D eigenvalue weighted by atomic mass is 9.95. The van der Waals surface area contributed by atoms with Gasteiger partial charge in [0.2, 0.25) is 5.91 Å². The van der Waals surface area contributed by atoms with Crippen LogP contribution in [0.3, 0.4) is 0 Å². The van der Waals surface area contributed by atoms with E-state index in [2.05, 4.69) is 20.4 Å². The van der Waals surface area contributed by atoms with E-state index in [1.807, 2.05) is 12.1 Å². The van der Waals surface area contributed by atoms with Gasteiger partial charge < -0.3 is 9.73 Å². The summed E-state index contributed by atoms with van der Waals surface area (Å²) in [4.78, 5) is 14.9. The summed E-state index contributed by atoms with van der Waals surface area (Å²) in [5.74, 6) is 1.22. The minimum Gasteiger partial charge on any atom is -0.468 e. The molecule has 4 rings (SSSR count). The number of furan rings is 1. The van der Waals surface area contributed by atoms with Crippen LogP contribution in [-0.2, 0) is 30.6 Å². The third-order valence-electron chi connectivity index (χ3n) is 5.64. The quantitative estimate of drug-likeness (QED) is 0.834. The third kappa shape index (κ3) is 4.01. The molecule has 2 aromatic heterocycles. The number of hydrogen-bond acceptors (Lipinski definition) is 4. The normalized spacial score (nSPS) is 20.7. The predicted molar refractivity (Wildman–Crippen MR) is 98.7 cm³/mol. The Hall–Kier alpha value is -2.08. The number of aromatic amines is 1. The number of H-pyrrole nitrogens is 1. The summed E-state index contributed by atoms with van der Waals surface area (Å²) in [6.45, 7) is 3.30. The second-order valence-corrected chi connectivity index (χ2v) is 7.53. The standard InChI is InChI=1S/C20H28N4O2/c25-20(15-5-3-11-24(13-15)14-16-6-4-12-26-16)21-10-9-19-17-7-1-2-8-18(17)22-23-19/h4,6,12,15H,1-3,5,7-11,13-14H2,(H,21,25)(H,22,23)/t15-/m1/s1. The summed E-state index contributed by atoms with van der Waals surface area (Å²) >= 11 is 0. The molecule has 1 amide bonds. The average Bonchev–Trinajstić information content (AvgIpc) is 3.32. The van der Waals surface area contributed by atoms with Crippen molar-refractivity contribution >= 4 is 5.91 Å². The molecule has 3 heterocycles. The van der Waals surface area contributed by atoms with Crippen molar-refractivity contribution in [2.45, 2.75) is 51.5 Å². The highest BCUT2D eigenvalue weighted by Crippen LogP contribution is 2.22. The van der Waals surface area contributed by atoms with E-state index in [0.717, 1.165) is 63.2 Å². The van der Waals surface area contributed by atoms with E-state index >= 15 is 0 Å². The van der Waals surface area contributed by atoms with E-state index in [-0.39, 0.29) is 11.8 Å². The highest BCUT2D eigenvalue weighted by Gasteiger charge is 2.26. The fourth-order valence-corrected chi connectivity index (χ4v) is 4.24. The summed E-state index contributed by atoms with van der Waals surface area (Å²) in [5.41, 5.74) is 3.84. The molecule has 2 aromatic rings. The van der Waals surface area contributed by atoms with Gasteiger partial charge in [-0.3, -0.25) is 14.8 Å². The number of fused-ring (bicyclic) bond motifs is 1. The molecule has 140 valence electrons. The number of nitrogens with one attached hydrogen (secondary N) is 2. The van der Waals surface area contributed by atoms with Crippen molar-refractivity contribution in [2.24, 2.45) is 5.92 Å². The molecule has 2 aliphatic rings. The summed E-state index contributed by atoms with van der Waals surface area (Å²) in [6, 6.07) is 3.91. The molecule has 1 aliphatic heterocycles. The molecule has 0 unspecified atom stereocenters. The van der Waals surface area contributed by atoms with Gasteiger partial charge in [-0.25, -0.2) is 0 Å². The second-order valence-electron chi connectivity index (χ2n) is 7.53. The van der Waals surface area contributed by atoms with Crippen LogP contribution in [-0.4, -0.2) is 40.6 Å². The molecule has 1 saturated heterocycles. The van der Waals surface area contributed by atoms with Gasteiger partial charge in [0.25, 0.3) is 0 Å². The van der Waals surface area contributed by atoms with Crippen LogP contribution in [0.15, 0.2) is 22.8 Å². The summed E-state index contributed by atoms with van der Waals surface area (Å²) in [7, 11) is 0. The minimum atomic E-state index is 0.0758. The predicted octanol–water partition coefficient (Wildman–Crippen LogP) is 2.45. The Bertz CT molecular complexity index is 722. The molecule has 6 nitrogen and oxygen atoms in total. The van der Waals surface area contributed by atoms with Gasteiger partial charge >= 0.3 is 0 Å². The van der Waals surface area contributed by atoms with Crippen molar-refractivity contribution in [3.63, 3.8) is 0 Å². The summed E-state index contributed by atoms with van der Waals surface area (Å²) in [5, 5.41) is 10.8. The molecule has 0 aromatic carbocycles. The number of rotatable bonds is 6. The number of amides is 1. The molecule has 0 radical (unpaired) electrons. The first kappa shape index (κ1) is 17.3. The van der Waals surface area contributed by atoms with Gasteiger partial charge in [0.15, 0.2) is 0 Å². The minimum absolute atomic E-state index is 0.0758. The smallest absolute Gasteiger partial charge is 0.224 e. The van der Waals surface area contributed by atoms with Crippen molar-refractivity contribution in [3.8, 4) is 0 Å². The van der Waals surface area contributed by atoms with Crippen molar-refractivity contribution < 1.29 is 9.21 Å². The largest absolute Gasteiger partial charge is 0.468 e. The Labute approximate surface area is 154 Å². The monoisotopic (exact) mass is 356 g/mol. The Kier molecular flexibility index (Phi) is 5.39. The van der Waals surface area contributed by atoms with E-state index in [1.165, 1.54) is 24.1 Å². The number of carbonyl (C=O) groups excluding carboxylic acids is 1. The molecule has 6 heteroatoms. The van der Waals surface area contributed by atoms with Gasteiger partial charge in [-0.05, 0) is 62.8 Å². The number of piperidine rings is 1. The molecular weight excluding hydrogens is 328 g/mol. The molecule has 26 heavy (non-hydrogen) atoms. The van der Waals surface area contributed by atoms with Gasteiger partial charge in [0.1, 0.15) is 5.76 Å².